The van der Waals surface area contributed by atoms with Gasteiger partial charge in [-0.1, -0.05) is 0 Å². The molecule has 0 aliphatic carbocycles. The summed E-state index contributed by atoms with van der Waals surface area (Å²) in [5.41, 5.74) is 4.94. The number of nitrogens with zero attached hydrogens (tertiary/aromatic N) is 1. The van der Waals surface area contributed by atoms with Crippen molar-refractivity contribution in [2.75, 3.05) is 13.1 Å². The Hall–Kier alpha value is -1.79. The van der Waals surface area contributed by atoms with Crippen molar-refractivity contribution < 1.29 is 19.1 Å². The van der Waals surface area contributed by atoms with Crippen molar-refractivity contribution >= 4 is 17.9 Å². The summed E-state index contributed by atoms with van der Waals surface area (Å²) >= 11 is 0. The molecule has 114 valence electrons. The number of ether oxygens (including phenoxy) is 2. The largest absolute Gasteiger partial charge is 0.460 e. The zero-order valence-electron chi connectivity index (χ0n) is 12.4. The van der Waals surface area contributed by atoms with Crippen molar-refractivity contribution in [1.29, 1.82) is 5.41 Å². The van der Waals surface area contributed by atoms with Gasteiger partial charge < -0.3 is 20.1 Å². The van der Waals surface area contributed by atoms with Gasteiger partial charge in [0.15, 0.2) is 0 Å². The van der Waals surface area contributed by atoms with Crippen molar-refractivity contribution in [2.24, 2.45) is 11.7 Å². The van der Waals surface area contributed by atoms with Gasteiger partial charge in [0.2, 0.25) is 0 Å². The van der Waals surface area contributed by atoms with Crippen LogP contribution in [0.15, 0.2) is 0 Å². The maximum absolute atomic E-state index is 12.0. The smallest absolute Gasteiger partial charge is 0.410 e. The fraction of sp³-hybridized carbons (Fsp3) is 0.769. The Morgan fingerprint density at radius 2 is 1.95 bits per heavy atom. The first-order valence-electron chi connectivity index (χ1n) is 6.59. The third-order valence-corrected chi connectivity index (χ3v) is 2.93. The molecule has 1 saturated heterocycles. The fourth-order valence-electron chi connectivity index (χ4n) is 2.10. The van der Waals surface area contributed by atoms with Gasteiger partial charge in [-0.05, 0) is 27.2 Å². The molecule has 1 aliphatic rings. The van der Waals surface area contributed by atoms with Crippen LogP contribution in [0.1, 0.15) is 34.1 Å². The van der Waals surface area contributed by atoms with Gasteiger partial charge >= 0.3 is 12.1 Å². The Morgan fingerprint density at radius 3 is 2.40 bits per heavy atom. The molecule has 1 rings (SSSR count). The van der Waals surface area contributed by atoms with Crippen molar-refractivity contribution in [2.45, 2.75) is 45.8 Å². The minimum absolute atomic E-state index is 0.0277. The summed E-state index contributed by atoms with van der Waals surface area (Å²) < 4.78 is 10.5. The quantitative estimate of drug-likeness (QED) is 0.449. The molecule has 2 unspecified atom stereocenters. The van der Waals surface area contributed by atoms with Gasteiger partial charge in [0.25, 0.3) is 0 Å². The van der Waals surface area contributed by atoms with Gasteiger partial charge in [0.1, 0.15) is 11.7 Å². The number of amidine groups is 1. The molecule has 7 heteroatoms. The topological polar surface area (TPSA) is 106 Å². The van der Waals surface area contributed by atoms with Crippen LogP contribution in [0.3, 0.4) is 0 Å². The van der Waals surface area contributed by atoms with Gasteiger partial charge in [-0.15, -0.1) is 0 Å². The van der Waals surface area contributed by atoms with E-state index in [1.807, 2.05) is 0 Å². The third-order valence-electron chi connectivity index (χ3n) is 2.93. The number of amides is 1. The van der Waals surface area contributed by atoms with E-state index in [2.05, 4.69) is 0 Å². The Morgan fingerprint density at radius 1 is 1.35 bits per heavy atom. The second-order valence-electron chi connectivity index (χ2n) is 5.92. The van der Waals surface area contributed by atoms with Gasteiger partial charge in [0.05, 0.1) is 18.3 Å². The van der Waals surface area contributed by atoms with E-state index in [1.165, 1.54) is 11.8 Å². The molecular formula is C13H23N3O4. The number of piperidine rings is 1. The lowest BCUT2D eigenvalue weighted by molar-refractivity contribution is -0.150. The van der Waals surface area contributed by atoms with Crippen LogP contribution in [0, 0.1) is 11.3 Å². The molecule has 2 atom stereocenters. The van der Waals surface area contributed by atoms with E-state index in [9.17, 15) is 9.59 Å². The van der Waals surface area contributed by atoms with Crippen LogP contribution in [0.2, 0.25) is 0 Å². The van der Waals surface area contributed by atoms with E-state index in [-0.39, 0.29) is 18.3 Å². The molecule has 0 radical (unpaired) electrons. The maximum atomic E-state index is 12.0. The molecule has 0 bridgehead atoms. The van der Waals surface area contributed by atoms with E-state index in [1.54, 1.807) is 20.8 Å². The number of hydrogen-bond donors (Lipinski definition) is 2. The van der Waals surface area contributed by atoms with Crippen LogP contribution in [0.25, 0.3) is 0 Å². The van der Waals surface area contributed by atoms with Gasteiger partial charge in [-0.3, -0.25) is 10.2 Å². The molecule has 0 spiro atoms. The molecule has 0 aromatic heterocycles. The van der Waals surface area contributed by atoms with Crippen molar-refractivity contribution in [3.05, 3.63) is 0 Å². The Bertz CT molecular complexity index is 403. The Balaban J connectivity index is 2.73. The molecule has 7 nitrogen and oxygen atoms in total. The summed E-state index contributed by atoms with van der Waals surface area (Å²) in [7, 11) is 0. The number of carbonyl (C=O) groups excluding carboxylic acids is 2. The maximum Gasteiger partial charge on any atom is 0.410 e. The van der Waals surface area contributed by atoms with E-state index in [0.717, 1.165) is 0 Å². The number of nitrogens with one attached hydrogen (secondary N) is 1. The van der Waals surface area contributed by atoms with E-state index < -0.39 is 23.8 Å². The van der Waals surface area contributed by atoms with Crippen molar-refractivity contribution in [3.8, 4) is 0 Å². The normalized spacial score (nSPS) is 23.1. The van der Waals surface area contributed by atoms with Crippen molar-refractivity contribution in [1.82, 2.24) is 4.90 Å². The molecule has 0 aromatic rings. The summed E-state index contributed by atoms with van der Waals surface area (Å²) in [6.07, 6.45) is -0.560. The number of nitrogens with two attached hydrogens (primary N) is 1. The number of carbonyl (C=O) groups is 2. The molecule has 3 N–H and O–H groups in total. The summed E-state index contributed by atoms with van der Waals surface area (Å²) in [4.78, 5) is 24.6. The van der Waals surface area contributed by atoms with Crippen LogP contribution in [-0.2, 0) is 14.3 Å². The van der Waals surface area contributed by atoms with Gasteiger partial charge in [-0.2, -0.15) is 0 Å². The number of esters is 1. The number of rotatable bonds is 2. The highest BCUT2D eigenvalue weighted by molar-refractivity contribution is 5.81. The molecular weight excluding hydrogens is 262 g/mol. The van der Waals surface area contributed by atoms with Crippen LogP contribution >= 0.6 is 0 Å². The molecule has 1 aliphatic heterocycles. The standard InChI is InChI=1S/C13H23N3O4/c1-8(17)19-10-7-16(6-5-9(10)11(14)15)12(18)20-13(2,3)4/h9-10H,5-7H2,1-4H3,(H3,14,15). The van der Waals surface area contributed by atoms with Gasteiger partial charge in [0, 0.05) is 13.5 Å². The SMILES string of the molecule is CC(=O)OC1CN(C(=O)OC(C)(C)C)CCC1C(=N)N. The highest BCUT2D eigenvalue weighted by atomic mass is 16.6. The molecule has 1 fully saturated rings. The molecule has 0 saturated carbocycles. The predicted octanol–water partition coefficient (Wildman–Crippen LogP) is 1.11. The first-order valence-corrected chi connectivity index (χ1v) is 6.59. The van der Waals surface area contributed by atoms with Crippen LogP contribution in [0.5, 0.6) is 0 Å². The average Bonchev–Trinajstić information content (AvgIpc) is 2.25. The summed E-state index contributed by atoms with van der Waals surface area (Å²) in [6.45, 7) is 7.28. The fourth-order valence-corrected chi connectivity index (χ4v) is 2.10. The summed E-state index contributed by atoms with van der Waals surface area (Å²) in [5, 5.41) is 7.53. The highest BCUT2D eigenvalue weighted by Gasteiger charge is 2.36. The minimum atomic E-state index is -0.591. The molecule has 1 heterocycles. The molecule has 0 aromatic carbocycles. The predicted molar refractivity (Wildman–Crippen MR) is 73.4 cm³/mol. The van der Waals surface area contributed by atoms with Crippen LogP contribution in [0.4, 0.5) is 4.79 Å². The Kier molecular flexibility index (Phi) is 4.97. The first-order chi connectivity index (χ1) is 9.10. The third kappa shape index (κ3) is 4.71. The number of hydrogen-bond acceptors (Lipinski definition) is 5. The van der Waals surface area contributed by atoms with Crippen LogP contribution in [-0.4, -0.2) is 47.6 Å². The summed E-state index contributed by atoms with van der Waals surface area (Å²) in [5.74, 6) is -0.829. The highest BCUT2D eigenvalue weighted by Crippen LogP contribution is 2.22. The van der Waals surface area contributed by atoms with Crippen molar-refractivity contribution in [3.63, 3.8) is 0 Å². The molecule has 20 heavy (non-hydrogen) atoms. The molecule has 1 amide bonds. The lowest BCUT2D eigenvalue weighted by Gasteiger charge is -2.37. The van der Waals surface area contributed by atoms with E-state index in [0.29, 0.717) is 13.0 Å². The van der Waals surface area contributed by atoms with Gasteiger partial charge in [-0.25, -0.2) is 4.79 Å². The average molecular weight is 285 g/mol. The van der Waals surface area contributed by atoms with E-state index >= 15 is 0 Å². The second-order valence-corrected chi connectivity index (χ2v) is 5.92. The second kappa shape index (κ2) is 6.11. The first kappa shape index (κ1) is 16.3. The number of likely N-dealkylation sites (tertiary alicyclic amines) is 1. The lowest BCUT2D eigenvalue weighted by atomic mass is 9.93. The Labute approximate surface area is 118 Å². The zero-order valence-corrected chi connectivity index (χ0v) is 12.4. The van der Waals surface area contributed by atoms with Crippen LogP contribution < -0.4 is 5.73 Å². The minimum Gasteiger partial charge on any atom is -0.460 e. The van der Waals surface area contributed by atoms with E-state index in [4.69, 9.17) is 20.6 Å². The zero-order chi connectivity index (χ0) is 15.5. The summed E-state index contributed by atoms with van der Waals surface area (Å²) in [6, 6.07) is 0. The lowest BCUT2D eigenvalue weighted by Crippen LogP contribution is -2.52. The monoisotopic (exact) mass is 285 g/mol.